The lowest BCUT2D eigenvalue weighted by Crippen LogP contribution is -2.27. The molecule has 0 aromatic heterocycles. The molecule has 0 spiro atoms. The third kappa shape index (κ3) is 4.04. The number of benzene rings is 1. The lowest BCUT2D eigenvalue weighted by molar-refractivity contribution is 0.0636. The molecule has 2 N–H and O–H groups in total. The predicted octanol–water partition coefficient (Wildman–Crippen LogP) is 2.87. The molecule has 1 amide bonds. The fourth-order valence-corrected chi connectivity index (χ4v) is 1.22. The molecule has 0 saturated heterocycles. The minimum absolute atomic E-state index is 0.142. The van der Waals surface area contributed by atoms with E-state index >= 15 is 0 Å². The zero-order chi connectivity index (χ0) is 13.9. The number of hydrogen-bond donors (Lipinski definition) is 2. The number of hydrogen-bond acceptors (Lipinski definition) is 3. The summed E-state index contributed by atoms with van der Waals surface area (Å²) in [6.45, 7) is 4.99. The number of carboxylic acid groups (broad SMARTS) is 1. The summed E-state index contributed by atoms with van der Waals surface area (Å²) in [5, 5.41) is 11.1. The maximum atomic E-state index is 13.0. The van der Waals surface area contributed by atoms with Crippen LogP contribution < -0.4 is 5.32 Å². The summed E-state index contributed by atoms with van der Waals surface area (Å²) in [4.78, 5) is 22.4. The summed E-state index contributed by atoms with van der Waals surface area (Å²) in [7, 11) is 0. The molecule has 0 aliphatic rings. The molecule has 0 atom stereocenters. The van der Waals surface area contributed by atoms with Gasteiger partial charge in [0, 0.05) is 0 Å². The monoisotopic (exact) mass is 254 g/mol. The minimum atomic E-state index is -1.26. The standard InChI is InChI=1S/C12H14FNO4/c1-12(2,3)18-11(17)14-9-6-7(13)4-5-8(9)10(15)16/h4-6H,1-3H3,(H,14,17)(H,15,16)/i13-1. The summed E-state index contributed by atoms with van der Waals surface area (Å²) < 4.78 is 18.0. The van der Waals surface area contributed by atoms with Crippen LogP contribution in [0.3, 0.4) is 0 Å². The molecule has 0 fully saturated rings. The van der Waals surface area contributed by atoms with Crippen molar-refractivity contribution in [1.29, 1.82) is 0 Å². The van der Waals surface area contributed by atoms with Gasteiger partial charge in [0.2, 0.25) is 0 Å². The highest BCUT2D eigenvalue weighted by molar-refractivity contribution is 5.98. The molecule has 1 rings (SSSR count). The van der Waals surface area contributed by atoms with Gasteiger partial charge in [-0.05, 0) is 39.0 Å². The van der Waals surface area contributed by atoms with Gasteiger partial charge < -0.3 is 9.84 Å². The molecule has 98 valence electrons. The van der Waals surface area contributed by atoms with Crippen LogP contribution in [0.4, 0.5) is 14.9 Å². The smallest absolute Gasteiger partial charge is 0.412 e. The average Bonchev–Trinajstić information content (AvgIpc) is 2.13. The molecule has 0 bridgehead atoms. The number of carboxylic acids is 1. The Labute approximate surface area is 104 Å². The Balaban J connectivity index is 2.93. The second kappa shape index (κ2) is 5.03. The van der Waals surface area contributed by atoms with Crippen LogP contribution in [-0.4, -0.2) is 22.8 Å². The van der Waals surface area contributed by atoms with E-state index < -0.39 is 23.5 Å². The van der Waals surface area contributed by atoms with E-state index in [1.165, 1.54) is 0 Å². The van der Waals surface area contributed by atoms with Crippen molar-refractivity contribution in [3.63, 3.8) is 0 Å². The number of carbonyl (C=O) groups excluding carboxylic acids is 1. The van der Waals surface area contributed by atoms with Crippen LogP contribution in [0.25, 0.3) is 0 Å². The Bertz CT molecular complexity index is 479. The fourth-order valence-electron chi connectivity index (χ4n) is 1.22. The van der Waals surface area contributed by atoms with E-state index in [2.05, 4.69) is 5.32 Å². The first-order chi connectivity index (χ1) is 8.19. The molecule has 0 aliphatic carbocycles. The van der Waals surface area contributed by atoms with Crippen molar-refractivity contribution >= 4 is 17.7 Å². The van der Waals surface area contributed by atoms with Crippen LogP contribution >= 0.6 is 0 Å². The molecule has 1 aromatic carbocycles. The second-order valence-corrected chi connectivity index (χ2v) is 4.62. The summed E-state index contributed by atoms with van der Waals surface area (Å²) in [5.41, 5.74) is -1.07. The molecule has 18 heavy (non-hydrogen) atoms. The lowest BCUT2D eigenvalue weighted by Gasteiger charge is -2.20. The highest BCUT2D eigenvalue weighted by Crippen LogP contribution is 2.18. The van der Waals surface area contributed by atoms with Crippen LogP contribution in [0.2, 0.25) is 0 Å². The van der Waals surface area contributed by atoms with E-state index in [1.54, 1.807) is 20.8 Å². The van der Waals surface area contributed by atoms with Gasteiger partial charge in [-0.25, -0.2) is 14.0 Å². The number of halogens is 1. The number of rotatable bonds is 2. The molecule has 0 unspecified atom stereocenters. The highest BCUT2D eigenvalue weighted by Gasteiger charge is 2.19. The molecule has 5 nitrogen and oxygen atoms in total. The number of amides is 1. The van der Waals surface area contributed by atoms with E-state index in [4.69, 9.17) is 9.84 Å². The first-order valence-electron chi connectivity index (χ1n) is 5.22. The SMILES string of the molecule is CC(C)(C)OC(=O)Nc1cc([18F])ccc1C(=O)O. The normalized spacial score (nSPS) is 10.9. The Morgan fingerprint density at radius 3 is 2.44 bits per heavy atom. The van der Waals surface area contributed by atoms with E-state index in [0.29, 0.717) is 0 Å². The number of carbonyl (C=O) groups is 2. The fraction of sp³-hybridized carbons (Fsp3) is 0.333. The number of anilines is 1. The van der Waals surface area contributed by atoms with Gasteiger partial charge in [0.25, 0.3) is 0 Å². The van der Waals surface area contributed by atoms with Crippen LogP contribution in [0, 0.1) is 5.82 Å². The lowest BCUT2D eigenvalue weighted by atomic mass is 10.1. The van der Waals surface area contributed by atoms with Crippen molar-refractivity contribution in [3.8, 4) is 0 Å². The number of aromatic carboxylic acids is 1. The number of nitrogens with one attached hydrogen (secondary N) is 1. The van der Waals surface area contributed by atoms with Crippen molar-refractivity contribution in [2.45, 2.75) is 26.4 Å². The second-order valence-electron chi connectivity index (χ2n) is 4.62. The van der Waals surface area contributed by atoms with Gasteiger partial charge in [-0.1, -0.05) is 0 Å². The van der Waals surface area contributed by atoms with Gasteiger partial charge in [0.05, 0.1) is 11.3 Å². The van der Waals surface area contributed by atoms with Gasteiger partial charge in [-0.15, -0.1) is 0 Å². The van der Waals surface area contributed by atoms with Gasteiger partial charge in [-0.3, -0.25) is 5.32 Å². The van der Waals surface area contributed by atoms with Crippen molar-refractivity contribution in [2.24, 2.45) is 0 Å². The zero-order valence-electron chi connectivity index (χ0n) is 10.3. The molecule has 0 heterocycles. The maximum Gasteiger partial charge on any atom is 0.412 e. The Hall–Kier alpha value is -2.11. The average molecular weight is 254 g/mol. The number of ether oxygens (including phenoxy) is 1. The molecule has 0 radical (unpaired) electrons. The van der Waals surface area contributed by atoms with E-state index in [-0.39, 0.29) is 11.3 Å². The summed E-state index contributed by atoms with van der Waals surface area (Å²) in [5.74, 6) is -1.91. The van der Waals surface area contributed by atoms with Gasteiger partial charge in [-0.2, -0.15) is 0 Å². The highest BCUT2D eigenvalue weighted by atomic mass is 18.2. The topological polar surface area (TPSA) is 75.6 Å². The van der Waals surface area contributed by atoms with E-state index in [9.17, 15) is 14.0 Å². The maximum absolute atomic E-state index is 13.0. The quantitative estimate of drug-likeness (QED) is 0.850. The Kier molecular flexibility index (Phi) is 3.90. The van der Waals surface area contributed by atoms with Gasteiger partial charge in [0.15, 0.2) is 0 Å². The zero-order valence-corrected chi connectivity index (χ0v) is 10.3. The first-order valence-corrected chi connectivity index (χ1v) is 5.22. The van der Waals surface area contributed by atoms with Gasteiger partial charge >= 0.3 is 12.1 Å². The molecule has 6 heteroatoms. The molecule has 0 saturated carbocycles. The predicted molar refractivity (Wildman–Crippen MR) is 63.2 cm³/mol. The summed E-state index contributed by atoms with van der Waals surface area (Å²) in [6.07, 6.45) is -0.837. The third-order valence-corrected chi connectivity index (χ3v) is 1.85. The summed E-state index contributed by atoms with van der Waals surface area (Å²) >= 11 is 0. The van der Waals surface area contributed by atoms with Crippen LogP contribution in [0.15, 0.2) is 18.2 Å². The van der Waals surface area contributed by atoms with Crippen LogP contribution in [0.1, 0.15) is 31.1 Å². The Morgan fingerprint density at radius 2 is 1.94 bits per heavy atom. The molecule has 0 aliphatic heterocycles. The first kappa shape index (κ1) is 14.0. The third-order valence-electron chi connectivity index (χ3n) is 1.85. The summed E-state index contributed by atoms with van der Waals surface area (Å²) in [6, 6.07) is 3.00. The molecular formula is C12H14FNO4. The van der Waals surface area contributed by atoms with Crippen LogP contribution in [-0.2, 0) is 4.74 Å². The molecule has 1 aromatic rings. The van der Waals surface area contributed by atoms with Crippen LogP contribution in [0.5, 0.6) is 0 Å². The molecular weight excluding hydrogens is 240 g/mol. The van der Waals surface area contributed by atoms with E-state index in [1.807, 2.05) is 0 Å². The minimum Gasteiger partial charge on any atom is -0.478 e. The van der Waals surface area contributed by atoms with Crippen molar-refractivity contribution in [1.82, 2.24) is 0 Å². The van der Waals surface area contributed by atoms with E-state index in [0.717, 1.165) is 18.2 Å². The van der Waals surface area contributed by atoms with Crippen molar-refractivity contribution in [2.75, 3.05) is 5.32 Å². The Morgan fingerprint density at radius 1 is 1.33 bits per heavy atom. The largest absolute Gasteiger partial charge is 0.478 e. The van der Waals surface area contributed by atoms with Gasteiger partial charge in [0.1, 0.15) is 11.4 Å². The van der Waals surface area contributed by atoms with Crippen molar-refractivity contribution < 1.29 is 23.8 Å². The van der Waals surface area contributed by atoms with Crippen molar-refractivity contribution in [3.05, 3.63) is 29.6 Å².